The Morgan fingerprint density at radius 2 is 2.21 bits per heavy atom. The number of piperidine rings is 2. The fourth-order valence-electron chi connectivity index (χ4n) is 4.62. The van der Waals surface area contributed by atoms with Crippen molar-refractivity contribution in [3.63, 3.8) is 0 Å². The van der Waals surface area contributed by atoms with E-state index in [9.17, 15) is 9.59 Å². The summed E-state index contributed by atoms with van der Waals surface area (Å²) in [5.74, 6) is -2.10. The van der Waals surface area contributed by atoms with Gasteiger partial charge in [-0.15, -0.1) is 0 Å². The Bertz CT molecular complexity index is 1110. The molecule has 2 aromatic heterocycles. The van der Waals surface area contributed by atoms with E-state index in [-0.39, 0.29) is 0 Å². The predicted octanol–water partition coefficient (Wildman–Crippen LogP) is 2.04. The topological polar surface area (TPSA) is 119 Å². The summed E-state index contributed by atoms with van der Waals surface area (Å²) in [6.45, 7) is 0.660. The Hall–Kier alpha value is -3.20. The van der Waals surface area contributed by atoms with Crippen LogP contribution < -0.4 is 5.32 Å². The van der Waals surface area contributed by atoms with E-state index in [4.69, 9.17) is 14.4 Å². The first kappa shape index (κ1) is 17.9. The zero-order valence-corrected chi connectivity index (χ0v) is 15.8. The molecule has 3 atom stereocenters. The number of carboxylic acids is 1. The van der Waals surface area contributed by atoms with Crippen LogP contribution in [0.2, 0.25) is 0 Å². The second kappa shape index (κ2) is 6.41. The average Bonchev–Trinajstić information content (AvgIpc) is 3.34. The van der Waals surface area contributed by atoms with Crippen molar-refractivity contribution in [3.05, 3.63) is 36.4 Å². The zero-order chi connectivity index (χ0) is 20.2. The molecule has 150 valence electrons. The Morgan fingerprint density at radius 3 is 2.97 bits per heavy atom. The quantitative estimate of drug-likeness (QED) is 0.510. The first-order chi connectivity index (χ1) is 14.0. The number of para-hydroxylation sites is 1. The minimum absolute atomic E-state index is 0.350. The van der Waals surface area contributed by atoms with E-state index < -0.39 is 23.6 Å². The largest absolute Gasteiger partial charge is 0.473 e. The van der Waals surface area contributed by atoms with Gasteiger partial charge in [0.15, 0.2) is 5.72 Å². The maximum absolute atomic E-state index is 11.8. The first-order valence-corrected chi connectivity index (χ1v) is 9.56. The summed E-state index contributed by atoms with van der Waals surface area (Å²) < 4.78 is 13.0. The number of nitrogens with one attached hydrogen (secondary N) is 1. The van der Waals surface area contributed by atoms with Gasteiger partial charge >= 0.3 is 11.9 Å². The number of nitrogens with zero attached hydrogens (tertiary/aromatic N) is 3. The van der Waals surface area contributed by atoms with Crippen LogP contribution in [-0.4, -0.2) is 44.0 Å². The monoisotopic (exact) mass is 396 g/mol. The van der Waals surface area contributed by atoms with Crippen molar-refractivity contribution in [2.24, 2.45) is 13.0 Å². The Kier molecular flexibility index (Phi) is 3.95. The maximum Gasteiger partial charge on any atom is 0.419 e. The van der Waals surface area contributed by atoms with Crippen LogP contribution in [0.3, 0.4) is 0 Å². The van der Waals surface area contributed by atoms with Crippen molar-refractivity contribution in [1.29, 1.82) is 0 Å². The summed E-state index contributed by atoms with van der Waals surface area (Å²) in [7, 11) is 1.96. The van der Waals surface area contributed by atoms with Crippen LogP contribution in [-0.2, 0) is 21.4 Å². The number of hydrogen-bond acceptors (Lipinski definition) is 7. The van der Waals surface area contributed by atoms with Crippen molar-refractivity contribution in [1.82, 2.24) is 20.0 Å². The summed E-state index contributed by atoms with van der Waals surface area (Å²) in [6, 6.07) is 7.95. The standard InChI is InChI=1S/C20H20N4O5/c1-24-10-13(12-4-2-3-5-15(12)24)16-22-17(29-23-16)14-8-11-6-7-20(14,21-9-11)28-19(27)18(25)26/h2-5,10-11,14,21H,6-9H2,1H3,(H,25,26). The van der Waals surface area contributed by atoms with Gasteiger partial charge in [0.1, 0.15) is 0 Å². The number of aliphatic carboxylic acids is 1. The second-order valence-electron chi connectivity index (χ2n) is 7.79. The summed E-state index contributed by atoms with van der Waals surface area (Å²) in [5, 5.41) is 17.4. The number of carboxylic acid groups (broad SMARTS) is 1. The van der Waals surface area contributed by atoms with Crippen molar-refractivity contribution in [3.8, 4) is 11.4 Å². The Balaban J connectivity index is 1.52. The van der Waals surface area contributed by atoms with Crippen molar-refractivity contribution in [2.45, 2.75) is 30.9 Å². The van der Waals surface area contributed by atoms with Crippen LogP contribution in [0.15, 0.2) is 35.0 Å². The van der Waals surface area contributed by atoms with Crippen LogP contribution in [0.25, 0.3) is 22.3 Å². The smallest absolute Gasteiger partial charge is 0.419 e. The van der Waals surface area contributed by atoms with Gasteiger partial charge in [0.25, 0.3) is 0 Å². The van der Waals surface area contributed by atoms with E-state index >= 15 is 0 Å². The summed E-state index contributed by atoms with van der Waals surface area (Å²) in [6.07, 6.45) is 4.00. The lowest BCUT2D eigenvalue weighted by Gasteiger charge is -2.49. The van der Waals surface area contributed by atoms with Gasteiger partial charge in [0.2, 0.25) is 11.7 Å². The van der Waals surface area contributed by atoms with Gasteiger partial charge in [-0.25, -0.2) is 9.59 Å². The molecule has 3 aliphatic rings. The molecule has 2 aliphatic heterocycles. The molecule has 2 N–H and O–H groups in total. The minimum atomic E-state index is -1.62. The number of carbonyl (C=O) groups excluding carboxylic acids is 1. The summed E-state index contributed by atoms with van der Waals surface area (Å²) in [5.41, 5.74) is 0.773. The van der Waals surface area contributed by atoms with E-state index in [0.717, 1.165) is 22.9 Å². The molecule has 0 radical (unpaired) electrons. The number of aryl methyl sites for hydroxylation is 1. The molecule has 3 unspecified atom stereocenters. The molecule has 4 heterocycles. The molecule has 0 amide bonds. The zero-order valence-electron chi connectivity index (χ0n) is 15.8. The summed E-state index contributed by atoms with van der Waals surface area (Å²) in [4.78, 5) is 27.5. The average molecular weight is 396 g/mol. The highest BCUT2D eigenvalue weighted by atomic mass is 16.6. The number of esters is 1. The first-order valence-electron chi connectivity index (χ1n) is 9.56. The lowest BCUT2D eigenvalue weighted by molar-refractivity contribution is -0.190. The fourth-order valence-corrected chi connectivity index (χ4v) is 4.62. The molecule has 2 bridgehead atoms. The van der Waals surface area contributed by atoms with Crippen LogP contribution in [0.1, 0.15) is 31.1 Å². The van der Waals surface area contributed by atoms with Crippen LogP contribution in [0, 0.1) is 5.92 Å². The molecule has 9 nitrogen and oxygen atoms in total. The molecule has 2 saturated heterocycles. The third-order valence-electron chi connectivity index (χ3n) is 6.07. The van der Waals surface area contributed by atoms with Crippen molar-refractivity contribution >= 4 is 22.8 Å². The van der Waals surface area contributed by atoms with Gasteiger partial charge in [-0.05, 0) is 24.8 Å². The lowest BCUT2D eigenvalue weighted by Crippen LogP contribution is -2.62. The second-order valence-corrected chi connectivity index (χ2v) is 7.79. The summed E-state index contributed by atoms with van der Waals surface area (Å²) >= 11 is 0. The number of benzene rings is 1. The molecule has 0 spiro atoms. The van der Waals surface area contributed by atoms with Gasteiger partial charge in [-0.3, -0.25) is 5.32 Å². The van der Waals surface area contributed by atoms with Crippen LogP contribution in [0.5, 0.6) is 0 Å². The highest BCUT2D eigenvalue weighted by Gasteiger charge is 2.54. The molecule has 1 aromatic carbocycles. The SMILES string of the molecule is Cn1cc(-c2noc(C3CC4CCC3(OC(=O)C(=O)O)NC4)n2)c2ccccc21. The van der Waals surface area contributed by atoms with E-state index in [0.29, 0.717) is 37.0 Å². The minimum Gasteiger partial charge on any atom is -0.473 e. The normalized spacial score (nSPS) is 26.0. The van der Waals surface area contributed by atoms with E-state index in [1.807, 2.05) is 42.1 Å². The fraction of sp³-hybridized carbons (Fsp3) is 0.400. The van der Waals surface area contributed by atoms with Gasteiger partial charge < -0.3 is 18.9 Å². The van der Waals surface area contributed by atoms with Crippen molar-refractivity contribution in [2.75, 3.05) is 6.54 Å². The lowest BCUT2D eigenvalue weighted by atomic mass is 9.71. The van der Waals surface area contributed by atoms with Gasteiger partial charge in [0, 0.05) is 42.7 Å². The molecule has 29 heavy (non-hydrogen) atoms. The third kappa shape index (κ3) is 2.80. The molecule has 9 heteroatoms. The molecule has 6 rings (SSSR count). The number of rotatable bonds is 3. The van der Waals surface area contributed by atoms with Gasteiger partial charge in [-0.2, -0.15) is 4.98 Å². The Morgan fingerprint density at radius 1 is 1.38 bits per heavy atom. The number of carbonyl (C=O) groups is 2. The third-order valence-corrected chi connectivity index (χ3v) is 6.07. The van der Waals surface area contributed by atoms with Crippen molar-refractivity contribution < 1.29 is 24.0 Å². The molecule has 3 aromatic rings. The number of aromatic nitrogens is 3. The van der Waals surface area contributed by atoms with E-state index in [2.05, 4.69) is 15.5 Å². The maximum atomic E-state index is 11.8. The highest BCUT2D eigenvalue weighted by Crippen LogP contribution is 2.47. The molecule has 1 aliphatic carbocycles. The molecule has 3 fully saturated rings. The number of fused-ring (bicyclic) bond motifs is 4. The Labute approximate surface area is 165 Å². The molecular weight excluding hydrogens is 376 g/mol. The van der Waals surface area contributed by atoms with Crippen LogP contribution >= 0.6 is 0 Å². The number of hydrogen-bond donors (Lipinski definition) is 2. The molecular formula is C20H20N4O5. The van der Waals surface area contributed by atoms with Crippen LogP contribution in [0.4, 0.5) is 0 Å². The van der Waals surface area contributed by atoms with Gasteiger partial charge in [0.05, 0.1) is 5.92 Å². The van der Waals surface area contributed by atoms with E-state index in [1.165, 1.54) is 0 Å². The van der Waals surface area contributed by atoms with Gasteiger partial charge in [-0.1, -0.05) is 23.4 Å². The number of ether oxygens (including phenoxy) is 1. The van der Waals surface area contributed by atoms with E-state index in [1.54, 1.807) is 0 Å². The predicted molar refractivity (Wildman–Crippen MR) is 101 cm³/mol. The molecule has 1 saturated carbocycles. The highest BCUT2D eigenvalue weighted by molar-refractivity contribution is 6.28.